The van der Waals surface area contributed by atoms with Gasteiger partial charge in [-0.3, -0.25) is 4.90 Å². The summed E-state index contributed by atoms with van der Waals surface area (Å²) in [6, 6.07) is 18.6. The molecule has 3 heterocycles. The maximum absolute atomic E-state index is 12.8. The number of rotatable bonds is 4. The van der Waals surface area contributed by atoms with Gasteiger partial charge in [-0.25, -0.2) is 4.79 Å². The monoisotopic (exact) mass is 445 g/mol. The molecule has 2 fully saturated rings. The van der Waals surface area contributed by atoms with Crippen molar-refractivity contribution in [2.45, 2.75) is 76.9 Å². The summed E-state index contributed by atoms with van der Waals surface area (Å²) in [5, 5.41) is 0. The van der Waals surface area contributed by atoms with Crippen LogP contribution in [0, 0.1) is 0 Å². The largest absolute Gasteiger partial charge is 0.494 e. The minimum Gasteiger partial charge on any atom is -0.445 e. The third kappa shape index (κ3) is 4.22. The zero-order chi connectivity index (χ0) is 23.2. The quantitative estimate of drug-likeness (QED) is 0.626. The molecule has 0 N–H and O–H groups in total. The lowest BCUT2D eigenvalue weighted by atomic mass is 9.78. The third-order valence-corrected chi connectivity index (χ3v) is 7.62. The van der Waals surface area contributed by atoms with Gasteiger partial charge in [0.05, 0.1) is 17.2 Å². The van der Waals surface area contributed by atoms with Gasteiger partial charge in [0.1, 0.15) is 6.61 Å². The normalized spacial score (nSPS) is 25.2. The van der Waals surface area contributed by atoms with Gasteiger partial charge in [-0.15, -0.1) is 0 Å². The van der Waals surface area contributed by atoms with E-state index in [9.17, 15) is 4.79 Å². The van der Waals surface area contributed by atoms with Crippen LogP contribution in [0.3, 0.4) is 0 Å². The lowest BCUT2D eigenvalue weighted by molar-refractivity contribution is 0.00578. The number of amides is 1. The molecule has 6 heteroatoms. The zero-order valence-corrected chi connectivity index (χ0v) is 19.9. The molecule has 0 aromatic heterocycles. The van der Waals surface area contributed by atoms with Crippen LogP contribution in [0.15, 0.2) is 60.7 Å². The number of nitrogens with zero attached hydrogens (tertiary/aromatic N) is 1. The molecule has 33 heavy (non-hydrogen) atoms. The third-order valence-electron chi connectivity index (χ3n) is 7.62. The van der Waals surface area contributed by atoms with E-state index in [4.69, 9.17) is 14.0 Å². The van der Waals surface area contributed by atoms with Crippen LogP contribution in [0.2, 0.25) is 0 Å². The average Bonchev–Trinajstić information content (AvgIpc) is 3.19. The van der Waals surface area contributed by atoms with Gasteiger partial charge in [0.25, 0.3) is 0 Å². The molecule has 2 atom stereocenters. The summed E-state index contributed by atoms with van der Waals surface area (Å²) in [4.78, 5) is 14.8. The first-order valence-corrected chi connectivity index (χ1v) is 11.9. The molecule has 0 radical (unpaired) electrons. The number of carbonyl (C=O) groups is 1. The van der Waals surface area contributed by atoms with Crippen LogP contribution < -0.4 is 5.46 Å². The summed E-state index contributed by atoms with van der Waals surface area (Å²) in [6.07, 6.45) is 4.89. The van der Waals surface area contributed by atoms with Crippen molar-refractivity contribution in [2.75, 3.05) is 0 Å². The van der Waals surface area contributed by atoms with E-state index in [0.717, 1.165) is 30.3 Å². The highest BCUT2D eigenvalue weighted by Crippen LogP contribution is 2.39. The van der Waals surface area contributed by atoms with Gasteiger partial charge in [0, 0.05) is 6.04 Å². The smallest absolute Gasteiger partial charge is 0.445 e. The predicted molar refractivity (Wildman–Crippen MR) is 130 cm³/mol. The minimum absolute atomic E-state index is 0.102. The van der Waals surface area contributed by atoms with Gasteiger partial charge in [0.2, 0.25) is 0 Å². The van der Waals surface area contributed by atoms with Gasteiger partial charge in [-0.1, -0.05) is 60.7 Å². The Morgan fingerprint density at radius 2 is 1.67 bits per heavy atom. The van der Waals surface area contributed by atoms with Gasteiger partial charge in [-0.05, 0) is 69.1 Å². The number of carbonyl (C=O) groups excluding carboxylic acids is 1. The molecule has 2 aromatic rings. The Morgan fingerprint density at radius 3 is 2.30 bits per heavy atom. The molecule has 0 saturated carbocycles. The van der Waals surface area contributed by atoms with E-state index in [-0.39, 0.29) is 36.5 Å². The fraction of sp³-hybridized carbons (Fsp3) is 0.444. The van der Waals surface area contributed by atoms with Crippen LogP contribution in [0.4, 0.5) is 4.79 Å². The van der Waals surface area contributed by atoms with Crippen LogP contribution in [-0.4, -0.2) is 41.4 Å². The van der Waals surface area contributed by atoms with E-state index in [1.165, 1.54) is 11.1 Å². The van der Waals surface area contributed by atoms with Crippen molar-refractivity contribution in [3.8, 4) is 0 Å². The van der Waals surface area contributed by atoms with Crippen molar-refractivity contribution >= 4 is 24.2 Å². The van der Waals surface area contributed by atoms with Crippen LogP contribution in [0.1, 0.15) is 58.1 Å². The van der Waals surface area contributed by atoms with Crippen molar-refractivity contribution in [1.82, 2.24) is 4.90 Å². The van der Waals surface area contributed by atoms with E-state index in [1.54, 1.807) is 0 Å². The van der Waals surface area contributed by atoms with Gasteiger partial charge >= 0.3 is 13.2 Å². The van der Waals surface area contributed by atoms with E-state index >= 15 is 0 Å². The lowest BCUT2D eigenvalue weighted by Crippen LogP contribution is -2.43. The molecule has 2 bridgehead atoms. The number of hydrogen-bond acceptors (Lipinski definition) is 4. The standard InChI is InChI=1S/C27H32BNO4/c1-26(2)27(3,4)33-28(32-26)22-12-10-20(11-13-22)21-16-23-14-15-24(17-21)29(23)25(30)31-18-19-8-6-5-7-9-19/h5-13,16,23-24H,14-15,17-18H2,1-4H3. The maximum atomic E-state index is 12.8. The molecule has 5 rings (SSSR count). The van der Waals surface area contributed by atoms with Crippen LogP contribution in [0.25, 0.3) is 5.57 Å². The van der Waals surface area contributed by atoms with Crippen molar-refractivity contribution in [3.63, 3.8) is 0 Å². The van der Waals surface area contributed by atoms with Crippen molar-refractivity contribution in [2.24, 2.45) is 0 Å². The molecule has 172 valence electrons. The first kappa shape index (κ1) is 22.2. The molecule has 5 nitrogen and oxygen atoms in total. The Morgan fingerprint density at radius 1 is 1.00 bits per heavy atom. The summed E-state index contributed by atoms with van der Waals surface area (Å²) >= 11 is 0. The molecule has 3 aliphatic heterocycles. The molecule has 2 unspecified atom stereocenters. The topological polar surface area (TPSA) is 48.0 Å². The van der Waals surface area contributed by atoms with Gasteiger partial charge in [0.15, 0.2) is 0 Å². The molecule has 0 spiro atoms. The van der Waals surface area contributed by atoms with Crippen molar-refractivity contribution in [3.05, 3.63) is 71.8 Å². The molecule has 2 aromatic carbocycles. The molecule has 1 amide bonds. The van der Waals surface area contributed by atoms with E-state index in [2.05, 4.69) is 58.0 Å². The Kier molecular flexibility index (Phi) is 5.62. The predicted octanol–water partition coefficient (Wildman–Crippen LogP) is 4.94. The summed E-state index contributed by atoms with van der Waals surface area (Å²) in [5.41, 5.74) is 3.84. The number of benzene rings is 2. The van der Waals surface area contributed by atoms with Crippen LogP contribution >= 0.6 is 0 Å². The zero-order valence-electron chi connectivity index (χ0n) is 19.9. The number of hydrogen-bond donors (Lipinski definition) is 0. The van der Waals surface area contributed by atoms with Crippen LogP contribution in [0.5, 0.6) is 0 Å². The molecule has 3 aliphatic rings. The summed E-state index contributed by atoms with van der Waals surface area (Å²) in [7, 11) is -0.351. The SMILES string of the molecule is CC1(C)OB(c2ccc(C3=CC4CCC(C3)N4C(=O)OCc3ccccc3)cc2)OC1(C)C. The van der Waals surface area contributed by atoms with Crippen LogP contribution in [-0.2, 0) is 20.7 Å². The van der Waals surface area contributed by atoms with Gasteiger partial charge in [-0.2, -0.15) is 0 Å². The fourth-order valence-corrected chi connectivity index (χ4v) is 4.96. The Labute approximate surface area is 196 Å². The fourth-order valence-electron chi connectivity index (χ4n) is 4.96. The van der Waals surface area contributed by atoms with Gasteiger partial charge < -0.3 is 14.0 Å². The molecule has 0 aliphatic carbocycles. The Bertz CT molecular complexity index is 1030. The first-order valence-electron chi connectivity index (χ1n) is 11.9. The number of fused-ring (bicyclic) bond motifs is 2. The highest BCUT2D eigenvalue weighted by Gasteiger charge is 2.51. The summed E-state index contributed by atoms with van der Waals surface area (Å²) < 4.78 is 18.0. The summed E-state index contributed by atoms with van der Waals surface area (Å²) in [5.74, 6) is 0. The highest BCUT2D eigenvalue weighted by atomic mass is 16.7. The van der Waals surface area contributed by atoms with Crippen molar-refractivity contribution in [1.29, 1.82) is 0 Å². The Hall–Kier alpha value is -2.57. The van der Waals surface area contributed by atoms with E-state index in [1.807, 2.05) is 35.2 Å². The van der Waals surface area contributed by atoms with E-state index in [0.29, 0.717) is 6.61 Å². The highest BCUT2D eigenvalue weighted by molar-refractivity contribution is 6.62. The second-order valence-corrected chi connectivity index (χ2v) is 10.4. The minimum atomic E-state index is -0.351. The molecular formula is C27H32BNO4. The second kappa shape index (κ2) is 8.34. The number of ether oxygens (including phenoxy) is 1. The Balaban J connectivity index is 1.26. The first-order chi connectivity index (χ1) is 15.7. The lowest BCUT2D eigenvalue weighted by Gasteiger charge is -2.33. The molecule has 2 saturated heterocycles. The average molecular weight is 445 g/mol. The summed E-state index contributed by atoms with van der Waals surface area (Å²) in [6.45, 7) is 8.59. The second-order valence-electron chi connectivity index (χ2n) is 10.4. The van der Waals surface area contributed by atoms with Crippen molar-refractivity contribution < 1.29 is 18.8 Å². The van der Waals surface area contributed by atoms with E-state index < -0.39 is 0 Å². The maximum Gasteiger partial charge on any atom is 0.494 e. The molecular weight excluding hydrogens is 413 g/mol.